The fraction of sp³-hybridized carbons (Fsp3) is 0.633. The van der Waals surface area contributed by atoms with E-state index in [1.807, 2.05) is 36.6 Å². The molecular weight excluding hydrogens is 714 g/mol. The van der Waals surface area contributed by atoms with Crippen LogP contribution in [0.15, 0.2) is 21.8 Å². The number of amides is 1. The van der Waals surface area contributed by atoms with Crippen molar-refractivity contribution >= 4 is 88.1 Å². The number of rotatable bonds is 6. The van der Waals surface area contributed by atoms with E-state index in [9.17, 15) is 4.79 Å². The Balaban J connectivity index is 0.00000220. The van der Waals surface area contributed by atoms with Gasteiger partial charge in [-0.3, -0.25) is 4.68 Å². The first-order valence-electron chi connectivity index (χ1n) is 14.4. The summed E-state index contributed by atoms with van der Waals surface area (Å²) in [7, 11) is -1.95. The van der Waals surface area contributed by atoms with Crippen LogP contribution >= 0.6 is 39.3 Å². The maximum atomic E-state index is 15.3. The molecule has 0 unspecified atom stereocenters. The average molecular weight is 758 g/mol. The molecule has 0 N–H and O–H groups in total. The van der Waals surface area contributed by atoms with Gasteiger partial charge in [-0.2, -0.15) is 11.4 Å². The average Bonchev–Trinajstić information content (AvgIpc) is 3.36. The minimum absolute atomic E-state index is 0. The molecule has 0 saturated carbocycles. The molecule has 2 atom stereocenters. The Kier molecular flexibility index (Phi) is 14.5. The standard InChI is InChI=1S/C29H41BrClFN4O3SSi.CH4S.Na/c1-28(2,3)39-27(37)35-12-10-18(14-17(35)11-13-38-41(8,9)29(4,5)6)36-25-19-15-21(31)22(30)23(32)24(19)34-26(40-7)20(25)16-33-36;1-2;/h15-18H,10-14H2,1-9H3;2H,1H3;/q;;+1/p-1/t17-,18+;;/m1../s1. The minimum atomic E-state index is -1.95. The zero-order chi connectivity index (χ0) is 32.5. The van der Waals surface area contributed by atoms with Gasteiger partial charge in [0.1, 0.15) is 16.1 Å². The fourth-order valence-electron chi connectivity index (χ4n) is 5.01. The zero-order valence-corrected chi connectivity index (χ0v) is 34.8. The van der Waals surface area contributed by atoms with Crippen molar-refractivity contribution in [1.82, 2.24) is 19.7 Å². The Morgan fingerprint density at radius 3 is 2.43 bits per heavy atom. The van der Waals surface area contributed by atoms with E-state index in [0.717, 1.165) is 10.9 Å². The van der Waals surface area contributed by atoms with Crippen molar-refractivity contribution in [2.24, 2.45) is 0 Å². The van der Waals surface area contributed by atoms with Gasteiger partial charge in [0.15, 0.2) is 14.1 Å². The molecule has 4 rings (SSSR count). The van der Waals surface area contributed by atoms with Crippen LogP contribution in [0, 0.1) is 5.82 Å². The summed E-state index contributed by atoms with van der Waals surface area (Å²) >= 11 is 15.2. The number of likely N-dealkylation sites (tertiary alicyclic amines) is 1. The van der Waals surface area contributed by atoms with Gasteiger partial charge < -0.3 is 26.7 Å². The molecule has 0 bridgehead atoms. The van der Waals surface area contributed by atoms with Crippen molar-refractivity contribution in [2.45, 2.75) is 102 Å². The number of hydrogen-bond donors (Lipinski definition) is 0. The first-order valence-corrected chi connectivity index (χ1v) is 20.5. The van der Waals surface area contributed by atoms with Gasteiger partial charge in [-0.05, 0) is 86.4 Å². The third kappa shape index (κ3) is 8.89. The molecule has 0 spiro atoms. The van der Waals surface area contributed by atoms with Crippen LogP contribution < -0.4 is 29.6 Å². The van der Waals surface area contributed by atoms with Crippen LogP contribution in [0.25, 0.3) is 21.8 Å². The Morgan fingerprint density at radius 1 is 1.23 bits per heavy atom. The molecule has 2 aromatic heterocycles. The number of carbonyl (C=O) groups excluding carboxylic acids is 1. The molecule has 1 fully saturated rings. The second-order valence-electron chi connectivity index (χ2n) is 13.3. The van der Waals surface area contributed by atoms with E-state index in [1.54, 1.807) is 18.5 Å². The summed E-state index contributed by atoms with van der Waals surface area (Å²) in [4.78, 5) is 19.8. The predicted molar refractivity (Wildman–Crippen MR) is 186 cm³/mol. The quantitative estimate of drug-likeness (QED) is 0.125. The largest absolute Gasteiger partial charge is 1.00 e. The molecule has 1 amide bonds. The molecule has 1 aromatic carbocycles. The summed E-state index contributed by atoms with van der Waals surface area (Å²) in [5.74, 6) is -0.488. The van der Waals surface area contributed by atoms with Crippen LogP contribution in [0.2, 0.25) is 23.2 Å². The van der Waals surface area contributed by atoms with E-state index in [1.165, 1.54) is 11.8 Å². The molecule has 14 heteroatoms. The van der Waals surface area contributed by atoms with Gasteiger partial charge in [0.05, 0.1) is 32.6 Å². The smallest absolute Gasteiger partial charge is 0.796 e. The van der Waals surface area contributed by atoms with Crippen LogP contribution in [0.1, 0.15) is 66.8 Å². The molecule has 1 aliphatic rings. The predicted octanol–water partition coefficient (Wildman–Crippen LogP) is 6.38. The van der Waals surface area contributed by atoms with Crippen LogP contribution in [-0.2, 0) is 21.8 Å². The third-order valence-corrected chi connectivity index (χ3v) is 14.7. The number of pyridine rings is 1. The maximum absolute atomic E-state index is 15.3. The van der Waals surface area contributed by atoms with Gasteiger partial charge in [-0.25, -0.2) is 14.2 Å². The summed E-state index contributed by atoms with van der Waals surface area (Å²) in [6.45, 7) is 17.9. The van der Waals surface area contributed by atoms with Gasteiger partial charge in [-0.15, -0.1) is 11.8 Å². The normalized spacial score (nSPS) is 17.7. The van der Waals surface area contributed by atoms with Gasteiger partial charge in [0.2, 0.25) is 0 Å². The molecule has 44 heavy (non-hydrogen) atoms. The van der Waals surface area contributed by atoms with Crippen molar-refractivity contribution in [3.63, 3.8) is 0 Å². The van der Waals surface area contributed by atoms with E-state index in [2.05, 4.69) is 67.4 Å². The van der Waals surface area contributed by atoms with Crippen LogP contribution in [0.5, 0.6) is 0 Å². The number of aromatic nitrogens is 3. The number of piperidine rings is 1. The molecule has 240 valence electrons. The Hall–Kier alpha value is -0.0531. The summed E-state index contributed by atoms with van der Waals surface area (Å²) < 4.78 is 29.8. The van der Waals surface area contributed by atoms with Crippen LogP contribution in [0.3, 0.4) is 0 Å². The molecule has 7 nitrogen and oxygen atoms in total. The Labute approximate surface area is 308 Å². The monoisotopic (exact) mass is 756 g/mol. The molecular formula is C30H44BrClFN4NaO3S2Si. The first kappa shape index (κ1) is 40.1. The minimum Gasteiger partial charge on any atom is -0.796 e. The van der Waals surface area contributed by atoms with E-state index in [0.29, 0.717) is 42.8 Å². The van der Waals surface area contributed by atoms with E-state index >= 15 is 4.39 Å². The van der Waals surface area contributed by atoms with Crippen molar-refractivity contribution in [2.75, 3.05) is 25.7 Å². The second-order valence-corrected chi connectivity index (χ2v) is 20.1. The summed E-state index contributed by atoms with van der Waals surface area (Å²) in [5, 5.41) is 7.36. The summed E-state index contributed by atoms with van der Waals surface area (Å²) in [6, 6.07) is 1.63. The van der Waals surface area contributed by atoms with Gasteiger partial charge in [0, 0.05) is 24.6 Å². The molecule has 1 saturated heterocycles. The number of halogens is 3. The zero-order valence-electron chi connectivity index (χ0n) is 27.8. The van der Waals surface area contributed by atoms with Gasteiger partial charge in [0.25, 0.3) is 0 Å². The topological polar surface area (TPSA) is 69.5 Å². The van der Waals surface area contributed by atoms with Crippen LogP contribution in [-0.4, -0.2) is 71.4 Å². The van der Waals surface area contributed by atoms with Gasteiger partial charge in [-0.1, -0.05) is 32.4 Å². The first-order chi connectivity index (χ1) is 19.9. The number of nitrogens with zero attached hydrogens (tertiary/aromatic N) is 4. The van der Waals surface area contributed by atoms with Crippen LogP contribution in [0.4, 0.5) is 9.18 Å². The number of ether oxygens (including phenoxy) is 1. The van der Waals surface area contributed by atoms with Crippen molar-refractivity contribution in [3.8, 4) is 0 Å². The molecule has 1 aliphatic heterocycles. The van der Waals surface area contributed by atoms with E-state index in [-0.39, 0.29) is 67.8 Å². The molecule has 3 aromatic rings. The second kappa shape index (κ2) is 15.9. The number of carbonyl (C=O) groups is 1. The Bertz CT molecular complexity index is 1470. The maximum Gasteiger partial charge on any atom is 1.00 e. The fourth-order valence-corrected chi connectivity index (χ4v) is 7.12. The summed E-state index contributed by atoms with van der Waals surface area (Å²) in [6.07, 6.45) is 7.04. The van der Waals surface area contributed by atoms with Crippen molar-refractivity contribution < 1.29 is 47.9 Å². The van der Waals surface area contributed by atoms with E-state index in [4.69, 9.17) is 25.9 Å². The molecule has 0 radical (unpaired) electrons. The SMILES string of the molecule is CSc1nc2c(F)c(Br)c(Cl)cc2c2c1cnn2[C@H]1CCN(C(=O)OC(C)(C)C)[C@H](CCO[Si](C)(C)C(C)(C)C)C1.C[S-].[Na+]. The van der Waals surface area contributed by atoms with Crippen molar-refractivity contribution in [3.05, 3.63) is 27.6 Å². The van der Waals surface area contributed by atoms with Gasteiger partial charge >= 0.3 is 35.7 Å². The number of fused-ring (bicyclic) bond motifs is 3. The molecule has 0 aliphatic carbocycles. The number of thioether (sulfide) groups is 1. The summed E-state index contributed by atoms with van der Waals surface area (Å²) in [5.41, 5.74) is 0.469. The molecule has 3 heterocycles. The third-order valence-electron chi connectivity index (χ3n) is 8.21. The number of benzene rings is 1. The van der Waals surface area contributed by atoms with E-state index < -0.39 is 19.7 Å². The Morgan fingerprint density at radius 2 is 1.86 bits per heavy atom. The number of hydrogen-bond acceptors (Lipinski definition) is 7. The van der Waals surface area contributed by atoms with Crippen molar-refractivity contribution in [1.29, 1.82) is 0 Å².